The van der Waals surface area contributed by atoms with Crippen LogP contribution in [-0.4, -0.2) is 8.42 Å². The topological polar surface area (TPSA) is 34.1 Å². The minimum absolute atomic E-state index is 0.0882. The standard InChI is InChI=1S/C13H9Cl2O2S/c14-12-5-3-9(4-6-12)10-1-2-11(8-18(16)17)13(15)7-10/h1,3-7,18H,8H2. The molecule has 0 N–H and O–H groups in total. The van der Waals surface area contributed by atoms with E-state index < -0.39 is 10.7 Å². The highest BCUT2D eigenvalue weighted by atomic mass is 35.5. The smallest absolute Gasteiger partial charge is 0.144 e. The summed E-state index contributed by atoms with van der Waals surface area (Å²) in [7, 11) is -2.49. The van der Waals surface area contributed by atoms with Gasteiger partial charge in [0.05, 0.1) is 5.75 Å². The van der Waals surface area contributed by atoms with E-state index in [-0.39, 0.29) is 5.75 Å². The SMILES string of the molecule is O=[SH](=O)Cc1[c]cc(-c2ccc(Cl)cc2)cc1Cl. The molecule has 5 heteroatoms. The van der Waals surface area contributed by atoms with E-state index in [0.29, 0.717) is 15.6 Å². The van der Waals surface area contributed by atoms with E-state index in [1.165, 1.54) is 0 Å². The number of rotatable bonds is 3. The van der Waals surface area contributed by atoms with Gasteiger partial charge in [-0.1, -0.05) is 35.3 Å². The van der Waals surface area contributed by atoms with Gasteiger partial charge in [-0.25, -0.2) is 8.42 Å². The normalized spacial score (nSPS) is 10.8. The third-order valence-corrected chi connectivity index (χ3v) is 3.60. The molecule has 0 aliphatic rings. The molecule has 0 atom stereocenters. The molecule has 2 aromatic carbocycles. The summed E-state index contributed by atoms with van der Waals surface area (Å²) >= 11 is 11.8. The molecule has 2 nitrogen and oxygen atoms in total. The summed E-state index contributed by atoms with van der Waals surface area (Å²) in [5.41, 5.74) is 2.32. The molecule has 93 valence electrons. The predicted octanol–water partition coefficient (Wildman–Crippen LogP) is 3.57. The Bertz CT molecular complexity index is 626. The van der Waals surface area contributed by atoms with Crippen LogP contribution in [-0.2, 0) is 16.5 Å². The van der Waals surface area contributed by atoms with Crippen molar-refractivity contribution >= 4 is 33.9 Å². The predicted molar refractivity (Wildman–Crippen MR) is 74.8 cm³/mol. The van der Waals surface area contributed by atoms with E-state index in [2.05, 4.69) is 6.07 Å². The van der Waals surface area contributed by atoms with Crippen molar-refractivity contribution in [3.05, 3.63) is 58.1 Å². The average molecular weight is 300 g/mol. The van der Waals surface area contributed by atoms with Gasteiger partial charge in [0.2, 0.25) is 0 Å². The monoisotopic (exact) mass is 299 g/mol. The fourth-order valence-corrected chi connectivity index (χ4v) is 2.54. The Morgan fingerprint density at radius 1 is 1.06 bits per heavy atom. The number of thiol groups is 1. The van der Waals surface area contributed by atoms with Gasteiger partial charge in [-0.3, -0.25) is 0 Å². The highest BCUT2D eigenvalue weighted by molar-refractivity contribution is 7.71. The van der Waals surface area contributed by atoms with Gasteiger partial charge in [-0.2, -0.15) is 0 Å². The van der Waals surface area contributed by atoms with E-state index in [4.69, 9.17) is 23.2 Å². The quantitative estimate of drug-likeness (QED) is 0.879. The summed E-state index contributed by atoms with van der Waals surface area (Å²) in [6, 6.07) is 13.7. The molecule has 0 heterocycles. The number of benzene rings is 2. The molecule has 0 unspecified atom stereocenters. The summed E-state index contributed by atoms with van der Waals surface area (Å²) < 4.78 is 21.3. The molecule has 2 aromatic rings. The van der Waals surface area contributed by atoms with Gasteiger partial charge in [0.15, 0.2) is 0 Å². The van der Waals surface area contributed by atoms with Crippen LogP contribution >= 0.6 is 23.2 Å². The van der Waals surface area contributed by atoms with Gasteiger partial charge in [0.1, 0.15) is 10.7 Å². The van der Waals surface area contributed by atoms with Gasteiger partial charge in [-0.15, -0.1) is 0 Å². The van der Waals surface area contributed by atoms with Crippen molar-refractivity contribution in [3.8, 4) is 11.1 Å². The summed E-state index contributed by atoms with van der Waals surface area (Å²) in [6.45, 7) is 0. The summed E-state index contributed by atoms with van der Waals surface area (Å²) in [5.74, 6) is -0.0882. The largest absolute Gasteiger partial charge is 0.232 e. The highest BCUT2D eigenvalue weighted by Gasteiger charge is 2.05. The van der Waals surface area contributed by atoms with Crippen molar-refractivity contribution in [3.63, 3.8) is 0 Å². The lowest BCUT2D eigenvalue weighted by Crippen LogP contribution is -1.89. The first-order valence-electron chi connectivity index (χ1n) is 5.14. The Labute approximate surface area is 117 Å². The molecule has 0 saturated carbocycles. The molecule has 0 aromatic heterocycles. The summed E-state index contributed by atoms with van der Waals surface area (Å²) in [6.07, 6.45) is 0. The number of halogens is 2. The van der Waals surface area contributed by atoms with E-state index >= 15 is 0 Å². The Hall–Kier alpha value is -1.03. The summed E-state index contributed by atoms with van der Waals surface area (Å²) in [4.78, 5) is 0. The third kappa shape index (κ3) is 3.25. The van der Waals surface area contributed by atoms with Crippen LogP contribution in [0.1, 0.15) is 5.56 Å². The Balaban J connectivity index is 2.36. The van der Waals surface area contributed by atoms with E-state index in [1.54, 1.807) is 24.3 Å². The molecular formula is C13H9Cl2O2S. The van der Waals surface area contributed by atoms with Crippen molar-refractivity contribution in [2.75, 3.05) is 0 Å². The molecule has 0 bridgehead atoms. The lowest BCUT2D eigenvalue weighted by Gasteiger charge is -2.05. The van der Waals surface area contributed by atoms with Gasteiger partial charge in [0.25, 0.3) is 0 Å². The van der Waals surface area contributed by atoms with Crippen LogP contribution in [0.3, 0.4) is 0 Å². The Morgan fingerprint density at radius 2 is 1.72 bits per heavy atom. The van der Waals surface area contributed by atoms with E-state index in [1.807, 2.05) is 12.1 Å². The molecule has 1 radical (unpaired) electrons. The summed E-state index contributed by atoms with van der Waals surface area (Å²) in [5, 5.41) is 1.07. The molecule has 0 spiro atoms. The van der Waals surface area contributed by atoms with Gasteiger partial charge in [-0.05, 0) is 47.0 Å². The molecule has 0 aliphatic heterocycles. The van der Waals surface area contributed by atoms with Crippen LogP contribution in [0.5, 0.6) is 0 Å². The first-order valence-corrected chi connectivity index (χ1v) is 7.26. The van der Waals surface area contributed by atoms with Crippen LogP contribution in [0.2, 0.25) is 10.0 Å². The Morgan fingerprint density at radius 3 is 2.28 bits per heavy atom. The second-order valence-corrected chi connectivity index (χ2v) is 5.54. The molecular weight excluding hydrogens is 291 g/mol. The zero-order valence-electron chi connectivity index (χ0n) is 9.19. The van der Waals surface area contributed by atoms with E-state index in [9.17, 15) is 8.42 Å². The van der Waals surface area contributed by atoms with Crippen molar-refractivity contribution in [2.24, 2.45) is 0 Å². The Kier molecular flexibility index (Phi) is 4.27. The molecule has 0 amide bonds. The van der Waals surface area contributed by atoms with Crippen LogP contribution < -0.4 is 0 Å². The van der Waals surface area contributed by atoms with Crippen molar-refractivity contribution in [2.45, 2.75) is 5.75 Å². The molecule has 18 heavy (non-hydrogen) atoms. The fourth-order valence-electron chi connectivity index (χ4n) is 1.56. The highest BCUT2D eigenvalue weighted by Crippen LogP contribution is 2.26. The lowest BCUT2D eigenvalue weighted by atomic mass is 10.0. The first kappa shape index (κ1) is 13.4. The third-order valence-electron chi connectivity index (χ3n) is 2.44. The van der Waals surface area contributed by atoms with E-state index in [0.717, 1.165) is 11.1 Å². The van der Waals surface area contributed by atoms with Crippen molar-refractivity contribution < 1.29 is 8.42 Å². The van der Waals surface area contributed by atoms with Crippen LogP contribution in [0.25, 0.3) is 11.1 Å². The van der Waals surface area contributed by atoms with Crippen LogP contribution in [0.4, 0.5) is 0 Å². The molecule has 0 fully saturated rings. The zero-order valence-corrected chi connectivity index (χ0v) is 11.6. The molecule has 2 rings (SSSR count). The second-order valence-electron chi connectivity index (χ2n) is 3.71. The van der Waals surface area contributed by atoms with Crippen LogP contribution in [0, 0.1) is 6.07 Å². The maximum absolute atomic E-state index is 10.7. The average Bonchev–Trinajstić information content (AvgIpc) is 2.32. The van der Waals surface area contributed by atoms with Crippen molar-refractivity contribution in [1.82, 2.24) is 0 Å². The van der Waals surface area contributed by atoms with Crippen molar-refractivity contribution in [1.29, 1.82) is 0 Å². The first-order chi connectivity index (χ1) is 8.56. The number of hydrogen-bond donors (Lipinski definition) is 1. The second kappa shape index (κ2) is 5.74. The molecule has 0 aliphatic carbocycles. The van der Waals surface area contributed by atoms with Gasteiger partial charge >= 0.3 is 0 Å². The minimum Gasteiger partial charge on any atom is -0.232 e. The molecule has 0 saturated heterocycles. The van der Waals surface area contributed by atoms with Gasteiger partial charge < -0.3 is 0 Å². The fraction of sp³-hybridized carbons (Fsp3) is 0.0769. The zero-order chi connectivity index (χ0) is 13.1. The van der Waals surface area contributed by atoms with Gasteiger partial charge in [0, 0.05) is 10.0 Å². The lowest BCUT2D eigenvalue weighted by molar-refractivity contribution is 0.614. The maximum Gasteiger partial charge on any atom is 0.144 e. The van der Waals surface area contributed by atoms with Crippen LogP contribution in [0.15, 0.2) is 36.4 Å². The maximum atomic E-state index is 10.7. The minimum atomic E-state index is -2.49. The number of hydrogen-bond acceptors (Lipinski definition) is 2.